The summed E-state index contributed by atoms with van der Waals surface area (Å²) in [7, 11) is 2.16. The van der Waals surface area contributed by atoms with Crippen LogP contribution in [0.25, 0.3) is 0 Å². The molecule has 1 aromatic rings. The largest absolute Gasteiger partial charge is 0.322 e. The monoisotopic (exact) mass is 240 g/mol. The van der Waals surface area contributed by atoms with Gasteiger partial charge in [-0.25, -0.2) is 0 Å². The summed E-state index contributed by atoms with van der Waals surface area (Å²) in [5, 5.41) is 2.09. The number of rotatable bonds is 4. The summed E-state index contributed by atoms with van der Waals surface area (Å²) in [5.74, 6) is 0. The molecular weight excluding hydrogens is 216 g/mol. The molecule has 0 aliphatic carbocycles. The quantitative estimate of drug-likeness (QED) is 0.876. The van der Waals surface area contributed by atoms with Crippen LogP contribution in [0.1, 0.15) is 38.6 Å². The number of hydrogen-bond acceptors (Lipinski definition) is 3. The molecule has 0 aromatic carbocycles. The van der Waals surface area contributed by atoms with Crippen LogP contribution in [0.2, 0.25) is 0 Å². The lowest BCUT2D eigenvalue weighted by atomic mass is 9.87. The van der Waals surface area contributed by atoms with Gasteiger partial charge in [-0.3, -0.25) is 0 Å². The standard InChI is InChI=1S/C13H24N2S/c1-10(13(2,3)4)15(5)9-11(14)12-7-6-8-16-12/h6-8,10-11H,9,14H2,1-5H3. The van der Waals surface area contributed by atoms with E-state index in [-0.39, 0.29) is 6.04 Å². The van der Waals surface area contributed by atoms with Crippen molar-refractivity contribution in [1.29, 1.82) is 0 Å². The van der Waals surface area contributed by atoms with Gasteiger partial charge in [0.25, 0.3) is 0 Å². The van der Waals surface area contributed by atoms with Crippen molar-refractivity contribution in [2.45, 2.75) is 39.8 Å². The Morgan fingerprint density at radius 3 is 2.50 bits per heavy atom. The highest BCUT2D eigenvalue weighted by Crippen LogP contribution is 2.25. The first kappa shape index (κ1) is 13.7. The van der Waals surface area contributed by atoms with Gasteiger partial charge in [-0.2, -0.15) is 0 Å². The van der Waals surface area contributed by atoms with Gasteiger partial charge in [0.1, 0.15) is 0 Å². The van der Waals surface area contributed by atoms with E-state index in [4.69, 9.17) is 5.73 Å². The summed E-state index contributed by atoms with van der Waals surface area (Å²) in [6.07, 6.45) is 0. The van der Waals surface area contributed by atoms with Crippen LogP contribution < -0.4 is 5.73 Å². The predicted octanol–water partition coefficient (Wildman–Crippen LogP) is 3.11. The van der Waals surface area contributed by atoms with E-state index in [2.05, 4.69) is 57.2 Å². The molecule has 0 amide bonds. The van der Waals surface area contributed by atoms with Gasteiger partial charge in [-0.1, -0.05) is 26.8 Å². The summed E-state index contributed by atoms with van der Waals surface area (Å²) < 4.78 is 0. The Kier molecular flexibility index (Phi) is 4.53. The van der Waals surface area contributed by atoms with Crippen LogP contribution in [0.4, 0.5) is 0 Å². The molecule has 0 bridgehead atoms. The first-order valence-corrected chi connectivity index (χ1v) is 6.69. The minimum Gasteiger partial charge on any atom is -0.322 e. The smallest absolute Gasteiger partial charge is 0.0519 e. The van der Waals surface area contributed by atoms with Crippen molar-refractivity contribution in [3.05, 3.63) is 22.4 Å². The van der Waals surface area contributed by atoms with Gasteiger partial charge in [0.2, 0.25) is 0 Å². The van der Waals surface area contributed by atoms with Crippen molar-refractivity contribution < 1.29 is 0 Å². The Balaban J connectivity index is 2.55. The normalized spacial score (nSPS) is 16.4. The molecule has 0 saturated carbocycles. The average molecular weight is 240 g/mol. The zero-order valence-corrected chi connectivity index (χ0v) is 11.8. The fourth-order valence-corrected chi connectivity index (χ4v) is 2.44. The zero-order valence-electron chi connectivity index (χ0n) is 11.0. The fourth-order valence-electron chi connectivity index (χ4n) is 1.72. The van der Waals surface area contributed by atoms with Gasteiger partial charge in [-0.05, 0) is 30.8 Å². The maximum absolute atomic E-state index is 6.19. The average Bonchev–Trinajstić information content (AvgIpc) is 2.67. The van der Waals surface area contributed by atoms with Crippen LogP contribution in [0.15, 0.2) is 17.5 Å². The van der Waals surface area contributed by atoms with Crippen molar-refractivity contribution in [1.82, 2.24) is 4.90 Å². The lowest BCUT2D eigenvalue weighted by Crippen LogP contribution is -2.42. The molecule has 92 valence electrons. The summed E-state index contributed by atoms with van der Waals surface area (Å²) in [5.41, 5.74) is 6.49. The molecule has 1 aromatic heterocycles. The van der Waals surface area contributed by atoms with E-state index in [0.29, 0.717) is 11.5 Å². The van der Waals surface area contributed by atoms with Crippen LogP contribution in [-0.2, 0) is 0 Å². The van der Waals surface area contributed by atoms with Gasteiger partial charge >= 0.3 is 0 Å². The number of thiophene rings is 1. The highest BCUT2D eigenvalue weighted by Gasteiger charge is 2.25. The van der Waals surface area contributed by atoms with Gasteiger partial charge in [0.15, 0.2) is 0 Å². The van der Waals surface area contributed by atoms with Gasteiger partial charge in [0.05, 0.1) is 6.04 Å². The molecular formula is C13H24N2S. The number of likely N-dealkylation sites (N-methyl/N-ethyl adjacent to an activating group) is 1. The third-order valence-electron chi connectivity index (χ3n) is 3.31. The van der Waals surface area contributed by atoms with Gasteiger partial charge in [0, 0.05) is 17.5 Å². The molecule has 2 atom stereocenters. The van der Waals surface area contributed by atoms with E-state index in [1.807, 2.05) is 0 Å². The Bertz CT molecular complexity index is 300. The molecule has 0 saturated heterocycles. The molecule has 0 aliphatic heterocycles. The van der Waals surface area contributed by atoms with Crippen molar-refractivity contribution >= 4 is 11.3 Å². The van der Waals surface area contributed by atoms with E-state index in [0.717, 1.165) is 6.54 Å². The summed E-state index contributed by atoms with van der Waals surface area (Å²) in [4.78, 5) is 3.62. The Morgan fingerprint density at radius 1 is 1.44 bits per heavy atom. The van der Waals surface area contributed by atoms with E-state index in [1.54, 1.807) is 11.3 Å². The number of hydrogen-bond donors (Lipinski definition) is 1. The molecule has 2 unspecified atom stereocenters. The Morgan fingerprint density at radius 2 is 2.06 bits per heavy atom. The lowest BCUT2D eigenvalue weighted by Gasteiger charge is -2.36. The van der Waals surface area contributed by atoms with Gasteiger partial charge < -0.3 is 10.6 Å². The highest BCUT2D eigenvalue weighted by molar-refractivity contribution is 7.10. The molecule has 2 nitrogen and oxygen atoms in total. The Hall–Kier alpha value is -0.380. The first-order chi connectivity index (χ1) is 7.32. The van der Waals surface area contributed by atoms with Crippen LogP contribution in [0, 0.1) is 5.41 Å². The van der Waals surface area contributed by atoms with Crippen LogP contribution in [0.3, 0.4) is 0 Å². The predicted molar refractivity (Wildman–Crippen MR) is 72.8 cm³/mol. The third-order valence-corrected chi connectivity index (χ3v) is 4.31. The fraction of sp³-hybridized carbons (Fsp3) is 0.692. The summed E-state index contributed by atoms with van der Waals surface area (Å²) in [6, 6.07) is 4.84. The first-order valence-electron chi connectivity index (χ1n) is 5.81. The second-order valence-electron chi connectivity index (χ2n) is 5.60. The van der Waals surface area contributed by atoms with Crippen molar-refractivity contribution in [2.75, 3.05) is 13.6 Å². The van der Waals surface area contributed by atoms with E-state index in [9.17, 15) is 0 Å². The molecule has 2 N–H and O–H groups in total. The molecule has 0 spiro atoms. The molecule has 1 heterocycles. The van der Waals surface area contributed by atoms with E-state index in [1.165, 1.54) is 4.88 Å². The molecule has 1 rings (SSSR count). The molecule has 0 aliphatic rings. The molecule has 0 fully saturated rings. The SMILES string of the molecule is CC(N(C)CC(N)c1cccs1)C(C)(C)C. The van der Waals surface area contributed by atoms with E-state index < -0.39 is 0 Å². The zero-order chi connectivity index (χ0) is 12.3. The molecule has 3 heteroatoms. The summed E-state index contributed by atoms with van der Waals surface area (Å²) in [6.45, 7) is 9.99. The minimum absolute atomic E-state index is 0.134. The maximum Gasteiger partial charge on any atom is 0.0519 e. The van der Waals surface area contributed by atoms with Crippen LogP contribution >= 0.6 is 11.3 Å². The highest BCUT2D eigenvalue weighted by atomic mass is 32.1. The second-order valence-corrected chi connectivity index (χ2v) is 6.58. The molecule has 0 radical (unpaired) electrons. The topological polar surface area (TPSA) is 29.3 Å². The number of nitrogens with zero attached hydrogens (tertiary/aromatic N) is 1. The molecule has 16 heavy (non-hydrogen) atoms. The summed E-state index contributed by atoms with van der Waals surface area (Å²) >= 11 is 1.74. The van der Waals surface area contributed by atoms with Crippen molar-refractivity contribution in [3.8, 4) is 0 Å². The number of nitrogens with two attached hydrogens (primary N) is 1. The second kappa shape index (κ2) is 5.30. The van der Waals surface area contributed by atoms with Crippen LogP contribution in [-0.4, -0.2) is 24.5 Å². The maximum atomic E-state index is 6.19. The van der Waals surface area contributed by atoms with Crippen molar-refractivity contribution in [2.24, 2.45) is 11.1 Å². The third kappa shape index (κ3) is 3.58. The lowest BCUT2D eigenvalue weighted by molar-refractivity contribution is 0.135. The Labute approximate surface area is 103 Å². The van der Waals surface area contributed by atoms with Gasteiger partial charge in [-0.15, -0.1) is 11.3 Å². The van der Waals surface area contributed by atoms with Crippen LogP contribution in [0.5, 0.6) is 0 Å². The minimum atomic E-state index is 0.134. The van der Waals surface area contributed by atoms with E-state index >= 15 is 0 Å². The van der Waals surface area contributed by atoms with Crippen molar-refractivity contribution in [3.63, 3.8) is 0 Å².